The van der Waals surface area contributed by atoms with Gasteiger partial charge in [-0.1, -0.05) is 70.2 Å². The molecule has 0 saturated carbocycles. The van der Waals surface area contributed by atoms with Crippen LogP contribution in [0, 0.1) is 0 Å². The highest BCUT2D eigenvalue weighted by molar-refractivity contribution is 7.85. The van der Waals surface area contributed by atoms with E-state index in [0.29, 0.717) is 5.56 Å². The van der Waals surface area contributed by atoms with E-state index in [1.807, 2.05) is 6.07 Å². The second-order valence-corrected chi connectivity index (χ2v) is 6.81. The summed E-state index contributed by atoms with van der Waals surface area (Å²) in [4.78, 5) is -0.0436. The third-order valence-corrected chi connectivity index (χ3v) is 4.55. The lowest BCUT2D eigenvalue weighted by Crippen LogP contribution is -2.02. The van der Waals surface area contributed by atoms with E-state index in [1.165, 1.54) is 38.2 Å². The van der Waals surface area contributed by atoms with Crippen molar-refractivity contribution in [2.75, 3.05) is 0 Å². The average molecular weight is 310 g/mol. The highest BCUT2D eigenvalue weighted by Gasteiger charge is 2.14. The van der Waals surface area contributed by atoms with Crippen LogP contribution in [0.2, 0.25) is 0 Å². The van der Waals surface area contributed by atoms with Gasteiger partial charge >= 0.3 is 0 Å². The van der Waals surface area contributed by atoms with E-state index < -0.39 is 10.1 Å². The summed E-state index contributed by atoms with van der Waals surface area (Å²) >= 11 is 0. The van der Waals surface area contributed by atoms with Crippen LogP contribution in [0.3, 0.4) is 0 Å². The molecule has 0 aromatic heterocycles. The van der Waals surface area contributed by atoms with Gasteiger partial charge in [-0.25, -0.2) is 0 Å². The predicted molar refractivity (Wildman–Crippen MR) is 88.0 cm³/mol. The molecule has 0 aliphatic rings. The summed E-state index contributed by atoms with van der Waals surface area (Å²) in [5, 5.41) is 0. The van der Waals surface area contributed by atoms with E-state index in [9.17, 15) is 13.0 Å². The molecule has 0 bridgehead atoms. The molecular weight excluding hydrogens is 284 g/mol. The first-order valence-electron chi connectivity index (χ1n) is 7.72. The molecule has 0 amide bonds. The van der Waals surface area contributed by atoms with Crippen molar-refractivity contribution in [1.82, 2.24) is 0 Å². The number of hydrogen-bond donors (Lipinski definition) is 1. The van der Waals surface area contributed by atoms with Crippen LogP contribution >= 0.6 is 0 Å². The van der Waals surface area contributed by atoms with Crippen molar-refractivity contribution < 1.29 is 13.0 Å². The van der Waals surface area contributed by atoms with Gasteiger partial charge in [0.15, 0.2) is 0 Å². The summed E-state index contributed by atoms with van der Waals surface area (Å²) in [5.41, 5.74) is 1.39. The Morgan fingerprint density at radius 3 is 2.29 bits per heavy atom. The first kappa shape index (κ1) is 17.9. The van der Waals surface area contributed by atoms with Crippen LogP contribution in [-0.4, -0.2) is 13.0 Å². The minimum absolute atomic E-state index is 0.0436. The fourth-order valence-corrected chi connectivity index (χ4v) is 3.16. The standard InChI is InChI=1S/C17H26O3S/c1-3-5-6-7-8-9-10-11-15-12-13-16(4-2)17(14-15)21(18,19)20/h4,12-14H,2-3,5-11H2,1H3,(H,18,19,20). The second kappa shape index (κ2) is 9.00. The SMILES string of the molecule is C=Cc1ccc(CCCCCCCCC)cc1S(=O)(=O)O. The lowest BCUT2D eigenvalue weighted by atomic mass is 10.0. The van der Waals surface area contributed by atoms with E-state index in [2.05, 4.69) is 13.5 Å². The van der Waals surface area contributed by atoms with Crippen LogP contribution in [0.25, 0.3) is 6.08 Å². The van der Waals surface area contributed by atoms with Crippen molar-refractivity contribution in [3.05, 3.63) is 35.9 Å². The van der Waals surface area contributed by atoms with E-state index in [4.69, 9.17) is 0 Å². The summed E-state index contributed by atoms with van der Waals surface area (Å²) in [5.74, 6) is 0. The van der Waals surface area contributed by atoms with E-state index in [1.54, 1.807) is 12.1 Å². The topological polar surface area (TPSA) is 54.4 Å². The summed E-state index contributed by atoms with van der Waals surface area (Å²) in [6.45, 7) is 5.78. The quantitative estimate of drug-likeness (QED) is 0.495. The average Bonchev–Trinajstić information content (AvgIpc) is 2.45. The lowest BCUT2D eigenvalue weighted by molar-refractivity contribution is 0.483. The third kappa shape index (κ3) is 6.44. The monoisotopic (exact) mass is 310 g/mol. The Kier molecular flexibility index (Phi) is 7.68. The summed E-state index contributed by atoms with van der Waals surface area (Å²) in [6, 6.07) is 5.17. The second-order valence-electron chi connectivity index (χ2n) is 5.42. The van der Waals surface area contributed by atoms with E-state index in [-0.39, 0.29) is 4.90 Å². The summed E-state index contributed by atoms with van der Waals surface area (Å²) in [7, 11) is -4.18. The van der Waals surface area contributed by atoms with Gasteiger partial charge in [-0.2, -0.15) is 8.42 Å². The maximum atomic E-state index is 11.3. The Labute approximate surface area is 128 Å². The fraction of sp³-hybridized carbons (Fsp3) is 0.529. The van der Waals surface area contributed by atoms with Crippen molar-refractivity contribution >= 4 is 16.2 Å². The molecule has 0 aliphatic heterocycles. The smallest absolute Gasteiger partial charge is 0.282 e. The Balaban J connectivity index is 2.51. The maximum absolute atomic E-state index is 11.3. The fourth-order valence-electron chi connectivity index (χ4n) is 2.41. The molecule has 0 heterocycles. The van der Waals surface area contributed by atoms with Crippen molar-refractivity contribution in [2.24, 2.45) is 0 Å². The van der Waals surface area contributed by atoms with Crippen molar-refractivity contribution in [1.29, 1.82) is 0 Å². The van der Waals surface area contributed by atoms with E-state index >= 15 is 0 Å². The first-order valence-corrected chi connectivity index (χ1v) is 9.16. The molecule has 0 aliphatic carbocycles. The number of unbranched alkanes of at least 4 members (excludes halogenated alkanes) is 6. The maximum Gasteiger partial charge on any atom is 0.295 e. The largest absolute Gasteiger partial charge is 0.295 e. The van der Waals surface area contributed by atoms with Crippen molar-refractivity contribution in [3.8, 4) is 0 Å². The highest BCUT2D eigenvalue weighted by Crippen LogP contribution is 2.20. The van der Waals surface area contributed by atoms with Gasteiger partial charge in [0.05, 0.1) is 0 Å². The van der Waals surface area contributed by atoms with Gasteiger partial charge in [-0.15, -0.1) is 0 Å². The molecule has 0 atom stereocenters. The molecule has 1 rings (SSSR count). The van der Waals surface area contributed by atoms with Gasteiger partial charge in [0.25, 0.3) is 10.1 Å². The number of hydrogen-bond acceptors (Lipinski definition) is 2. The zero-order valence-corrected chi connectivity index (χ0v) is 13.7. The normalized spacial score (nSPS) is 11.5. The van der Waals surface area contributed by atoms with Gasteiger partial charge in [0.2, 0.25) is 0 Å². The van der Waals surface area contributed by atoms with Crippen LogP contribution < -0.4 is 0 Å². The molecule has 1 aromatic rings. The van der Waals surface area contributed by atoms with Crippen molar-refractivity contribution in [2.45, 2.75) is 63.2 Å². The number of aryl methyl sites for hydroxylation is 1. The minimum Gasteiger partial charge on any atom is -0.282 e. The van der Waals surface area contributed by atoms with Crippen LogP contribution in [0.15, 0.2) is 29.7 Å². The predicted octanol–water partition coefficient (Wildman–Crippen LogP) is 4.87. The van der Waals surface area contributed by atoms with Gasteiger partial charge in [-0.3, -0.25) is 4.55 Å². The first-order chi connectivity index (χ1) is 9.99. The molecule has 21 heavy (non-hydrogen) atoms. The molecule has 0 saturated heterocycles. The zero-order valence-electron chi connectivity index (χ0n) is 12.8. The Morgan fingerprint density at radius 2 is 1.71 bits per heavy atom. The molecule has 0 radical (unpaired) electrons. The molecule has 0 spiro atoms. The lowest BCUT2D eigenvalue weighted by Gasteiger charge is -2.07. The number of rotatable bonds is 10. The molecular formula is C17H26O3S. The van der Waals surface area contributed by atoms with Crippen LogP contribution in [0.5, 0.6) is 0 Å². The summed E-state index contributed by atoms with van der Waals surface area (Å²) < 4.78 is 31.9. The molecule has 0 fully saturated rings. The summed E-state index contributed by atoms with van der Waals surface area (Å²) in [6.07, 6.45) is 10.9. The molecule has 1 aromatic carbocycles. The van der Waals surface area contributed by atoms with Gasteiger partial charge in [0.1, 0.15) is 4.90 Å². The molecule has 1 N–H and O–H groups in total. The van der Waals surface area contributed by atoms with Crippen LogP contribution in [0.4, 0.5) is 0 Å². The molecule has 4 heteroatoms. The van der Waals surface area contributed by atoms with Gasteiger partial charge < -0.3 is 0 Å². The molecule has 3 nitrogen and oxygen atoms in total. The zero-order chi connectivity index (χ0) is 15.7. The molecule has 118 valence electrons. The Hall–Kier alpha value is -1.13. The third-order valence-electron chi connectivity index (χ3n) is 3.64. The van der Waals surface area contributed by atoms with Gasteiger partial charge in [-0.05, 0) is 30.0 Å². The van der Waals surface area contributed by atoms with Crippen LogP contribution in [0.1, 0.15) is 63.0 Å². The van der Waals surface area contributed by atoms with Crippen LogP contribution in [-0.2, 0) is 16.5 Å². The van der Waals surface area contributed by atoms with E-state index in [0.717, 1.165) is 24.8 Å². The highest BCUT2D eigenvalue weighted by atomic mass is 32.2. The molecule has 0 unspecified atom stereocenters. The Morgan fingerprint density at radius 1 is 1.10 bits per heavy atom. The number of benzene rings is 1. The van der Waals surface area contributed by atoms with Gasteiger partial charge in [0, 0.05) is 0 Å². The van der Waals surface area contributed by atoms with Crippen molar-refractivity contribution in [3.63, 3.8) is 0 Å². The Bertz CT molecular complexity index is 547. The minimum atomic E-state index is -4.18.